The molecular weight excluding hydrogens is 320 g/mol. The largest absolute Gasteiger partial charge is 0.343 e. The lowest BCUT2D eigenvalue weighted by Gasteiger charge is -2.13. The Hall–Kier alpha value is -2.90. The van der Waals surface area contributed by atoms with Gasteiger partial charge < -0.3 is 5.32 Å². The molecule has 1 saturated carbocycles. The lowest BCUT2D eigenvalue weighted by molar-refractivity contribution is 0.0929. The van der Waals surface area contributed by atoms with Crippen molar-refractivity contribution < 1.29 is 4.79 Å². The van der Waals surface area contributed by atoms with Crippen LogP contribution in [0.15, 0.2) is 23.0 Å². The summed E-state index contributed by atoms with van der Waals surface area (Å²) in [4.78, 5) is 29.2. The number of aryl methyl sites for hydroxylation is 2. The van der Waals surface area contributed by atoms with Gasteiger partial charge in [-0.2, -0.15) is 5.10 Å². The van der Waals surface area contributed by atoms with Gasteiger partial charge in [0.15, 0.2) is 5.65 Å². The molecule has 2 N–H and O–H groups in total. The molecule has 0 radical (unpaired) electrons. The molecule has 8 heteroatoms. The van der Waals surface area contributed by atoms with Crippen molar-refractivity contribution in [3.8, 4) is 0 Å². The normalized spacial score (nSPS) is 15.5. The number of fused-ring (bicyclic) bond motifs is 1. The molecular formula is C17H20N6O2. The van der Waals surface area contributed by atoms with Gasteiger partial charge in [0, 0.05) is 30.8 Å². The Morgan fingerprint density at radius 3 is 2.84 bits per heavy atom. The zero-order valence-electron chi connectivity index (χ0n) is 14.4. The monoisotopic (exact) mass is 340 g/mol. The van der Waals surface area contributed by atoms with E-state index >= 15 is 0 Å². The maximum absolute atomic E-state index is 12.6. The van der Waals surface area contributed by atoms with E-state index in [2.05, 4.69) is 20.5 Å². The van der Waals surface area contributed by atoms with Crippen molar-refractivity contribution in [3.63, 3.8) is 0 Å². The van der Waals surface area contributed by atoms with Crippen LogP contribution in [-0.2, 0) is 7.05 Å². The van der Waals surface area contributed by atoms with Crippen molar-refractivity contribution in [2.75, 3.05) is 0 Å². The summed E-state index contributed by atoms with van der Waals surface area (Å²) < 4.78 is 2.99. The first kappa shape index (κ1) is 15.6. The summed E-state index contributed by atoms with van der Waals surface area (Å²) in [6.45, 7) is 3.67. The molecule has 8 nitrogen and oxygen atoms in total. The Labute approximate surface area is 143 Å². The number of nitrogens with zero attached hydrogens (tertiary/aromatic N) is 4. The molecule has 0 bridgehead atoms. The third-order valence-corrected chi connectivity index (χ3v) is 4.52. The molecule has 0 aliphatic heterocycles. The van der Waals surface area contributed by atoms with Crippen LogP contribution in [0.1, 0.15) is 59.3 Å². The summed E-state index contributed by atoms with van der Waals surface area (Å²) in [6, 6.07) is 4.69. The van der Waals surface area contributed by atoms with Crippen molar-refractivity contribution in [1.82, 2.24) is 29.7 Å². The minimum atomic E-state index is -0.389. The molecule has 3 aromatic rings. The second-order valence-corrected chi connectivity index (χ2v) is 6.70. The zero-order valence-corrected chi connectivity index (χ0v) is 14.4. The van der Waals surface area contributed by atoms with Crippen LogP contribution in [0, 0.1) is 6.92 Å². The smallest absolute Gasteiger partial charge is 0.272 e. The number of aromatic nitrogens is 5. The summed E-state index contributed by atoms with van der Waals surface area (Å²) in [6.07, 6.45) is 2.27. The fourth-order valence-corrected chi connectivity index (χ4v) is 2.98. The summed E-state index contributed by atoms with van der Waals surface area (Å²) in [7, 11) is 1.77. The molecule has 1 fully saturated rings. The van der Waals surface area contributed by atoms with E-state index in [9.17, 15) is 9.59 Å². The number of hydrogen-bond donors (Lipinski definition) is 2. The van der Waals surface area contributed by atoms with Crippen LogP contribution >= 0.6 is 0 Å². The highest BCUT2D eigenvalue weighted by atomic mass is 16.2. The van der Waals surface area contributed by atoms with Crippen LogP contribution in [0.3, 0.4) is 0 Å². The molecule has 0 saturated heterocycles. The van der Waals surface area contributed by atoms with Gasteiger partial charge in [0.25, 0.3) is 11.5 Å². The molecule has 1 amide bonds. The van der Waals surface area contributed by atoms with Crippen LogP contribution in [0.4, 0.5) is 0 Å². The second-order valence-electron chi connectivity index (χ2n) is 6.70. The lowest BCUT2D eigenvalue weighted by atomic mass is 10.2. The Morgan fingerprint density at radius 1 is 1.36 bits per heavy atom. The molecule has 3 aromatic heterocycles. The van der Waals surface area contributed by atoms with E-state index in [0.717, 1.165) is 24.2 Å². The van der Waals surface area contributed by atoms with Crippen molar-refractivity contribution in [2.24, 2.45) is 7.05 Å². The van der Waals surface area contributed by atoms with E-state index in [4.69, 9.17) is 0 Å². The number of nitrogens with one attached hydrogen (secondary N) is 2. The molecule has 1 aliphatic carbocycles. The van der Waals surface area contributed by atoms with Gasteiger partial charge in [-0.25, -0.2) is 9.50 Å². The average molecular weight is 340 g/mol. The molecule has 0 spiro atoms. The Morgan fingerprint density at radius 2 is 2.12 bits per heavy atom. The number of rotatable bonds is 4. The van der Waals surface area contributed by atoms with Gasteiger partial charge in [-0.3, -0.25) is 19.4 Å². The first-order chi connectivity index (χ1) is 11.9. The van der Waals surface area contributed by atoms with Gasteiger partial charge in [0.1, 0.15) is 5.69 Å². The average Bonchev–Trinajstić information content (AvgIpc) is 3.22. The van der Waals surface area contributed by atoms with E-state index in [1.807, 2.05) is 19.9 Å². The number of hydrogen-bond acceptors (Lipinski definition) is 4. The number of carbonyl (C=O) groups is 1. The first-order valence-electron chi connectivity index (χ1n) is 8.36. The number of amides is 1. The molecule has 130 valence electrons. The summed E-state index contributed by atoms with van der Waals surface area (Å²) in [5.41, 5.74) is 3.20. The maximum atomic E-state index is 12.6. The zero-order chi connectivity index (χ0) is 17.7. The van der Waals surface area contributed by atoms with Crippen LogP contribution in [0.2, 0.25) is 0 Å². The SMILES string of the molecule is Cc1cc2nc([C@H](C)NC(=O)c3cc(C4CC4)nn3C)cc(=O)n2[nH]1. The highest BCUT2D eigenvalue weighted by Crippen LogP contribution is 2.39. The van der Waals surface area contributed by atoms with Crippen LogP contribution in [-0.4, -0.2) is 30.3 Å². The maximum Gasteiger partial charge on any atom is 0.272 e. The van der Waals surface area contributed by atoms with Crippen molar-refractivity contribution in [3.05, 3.63) is 51.3 Å². The van der Waals surface area contributed by atoms with E-state index in [1.165, 1.54) is 10.6 Å². The quantitative estimate of drug-likeness (QED) is 0.751. The van der Waals surface area contributed by atoms with Crippen LogP contribution in [0.5, 0.6) is 0 Å². The highest BCUT2D eigenvalue weighted by molar-refractivity contribution is 5.93. The minimum Gasteiger partial charge on any atom is -0.343 e. The lowest BCUT2D eigenvalue weighted by Crippen LogP contribution is -2.30. The molecule has 0 aromatic carbocycles. The number of carbonyl (C=O) groups excluding carboxylic acids is 1. The van der Waals surface area contributed by atoms with Crippen LogP contribution in [0.25, 0.3) is 5.65 Å². The second kappa shape index (κ2) is 5.58. The standard InChI is InChI=1S/C17H20N6O2/c1-9-6-15-19-12(8-16(24)23(15)20-9)10(2)18-17(25)14-7-13(11-4-5-11)21-22(14)3/h6-8,10-11,20H,4-5H2,1-3H3,(H,18,25)/t10-/m0/s1. The van der Waals surface area contributed by atoms with Crippen molar-refractivity contribution in [2.45, 2.75) is 38.6 Å². The van der Waals surface area contributed by atoms with E-state index in [1.54, 1.807) is 17.8 Å². The van der Waals surface area contributed by atoms with Crippen molar-refractivity contribution in [1.29, 1.82) is 0 Å². The van der Waals surface area contributed by atoms with Gasteiger partial charge in [-0.1, -0.05) is 0 Å². The van der Waals surface area contributed by atoms with E-state index in [0.29, 0.717) is 23.0 Å². The molecule has 25 heavy (non-hydrogen) atoms. The predicted molar refractivity (Wildman–Crippen MR) is 91.6 cm³/mol. The summed E-state index contributed by atoms with van der Waals surface area (Å²) >= 11 is 0. The predicted octanol–water partition coefficient (Wildman–Crippen LogP) is 1.43. The van der Waals surface area contributed by atoms with Gasteiger partial charge in [-0.15, -0.1) is 0 Å². The fraction of sp³-hybridized carbons (Fsp3) is 0.412. The van der Waals surface area contributed by atoms with Gasteiger partial charge in [0.2, 0.25) is 0 Å². The Balaban J connectivity index is 1.58. The third kappa shape index (κ3) is 2.84. The molecule has 1 atom stereocenters. The number of aromatic amines is 1. The van der Waals surface area contributed by atoms with E-state index in [-0.39, 0.29) is 17.5 Å². The fourth-order valence-electron chi connectivity index (χ4n) is 2.98. The van der Waals surface area contributed by atoms with Gasteiger partial charge in [-0.05, 0) is 32.8 Å². The van der Waals surface area contributed by atoms with E-state index < -0.39 is 0 Å². The molecule has 3 heterocycles. The summed E-state index contributed by atoms with van der Waals surface area (Å²) in [5.74, 6) is 0.271. The third-order valence-electron chi connectivity index (χ3n) is 4.52. The molecule has 1 aliphatic rings. The Kier molecular flexibility index (Phi) is 3.48. The molecule has 0 unspecified atom stereocenters. The molecule has 4 rings (SSSR count). The first-order valence-corrected chi connectivity index (χ1v) is 8.36. The highest BCUT2D eigenvalue weighted by Gasteiger charge is 2.28. The van der Waals surface area contributed by atoms with Gasteiger partial charge in [0.05, 0.1) is 17.4 Å². The minimum absolute atomic E-state index is 0.203. The van der Waals surface area contributed by atoms with Gasteiger partial charge >= 0.3 is 0 Å². The van der Waals surface area contributed by atoms with Crippen molar-refractivity contribution >= 4 is 11.6 Å². The number of H-pyrrole nitrogens is 1. The summed E-state index contributed by atoms with van der Waals surface area (Å²) in [5, 5.41) is 10.2. The topological polar surface area (TPSA) is 97.1 Å². The van der Waals surface area contributed by atoms with Crippen LogP contribution < -0.4 is 10.9 Å². The Bertz CT molecular complexity index is 1020.